The highest BCUT2D eigenvalue weighted by atomic mass is 16.2. The van der Waals surface area contributed by atoms with Crippen LogP contribution < -0.4 is 5.32 Å². The molecule has 26 heavy (non-hydrogen) atoms. The maximum Gasteiger partial charge on any atom is 0.230 e. The maximum atomic E-state index is 12.3. The number of benzene rings is 1. The summed E-state index contributed by atoms with van der Waals surface area (Å²) in [5.74, 6) is 0.832. The zero-order chi connectivity index (χ0) is 18.7. The van der Waals surface area contributed by atoms with Gasteiger partial charge in [0.25, 0.3) is 0 Å². The normalized spacial score (nSPS) is 16.6. The van der Waals surface area contributed by atoms with Gasteiger partial charge in [-0.2, -0.15) is 5.10 Å². The van der Waals surface area contributed by atoms with Crippen LogP contribution in [0, 0.1) is 12.3 Å². The average molecular weight is 354 g/mol. The molecule has 0 atom stereocenters. The van der Waals surface area contributed by atoms with Gasteiger partial charge in [0.15, 0.2) is 0 Å². The number of rotatable bonds is 4. The Morgan fingerprint density at radius 3 is 2.62 bits per heavy atom. The first kappa shape index (κ1) is 18.6. The van der Waals surface area contributed by atoms with Crippen molar-refractivity contribution in [3.63, 3.8) is 0 Å². The molecule has 1 fully saturated rings. The van der Waals surface area contributed by atoms with E-state index in [9.17, 15) is 4.79 Å². The molecule has 1 amide bonds. The molecule has 1 aromatic carbocycles. The van der Waals surface area contributed by atoms with Gasteiger partial charge in [-0.05, 0) is 25.3 Å². The fraction of sp³-hybridized carbons (Fsp3) is 0.524. The maximum absolute atomic E-state index is 12.3. The zero-order valence-corrected chi connectivity index (χ0v) is 16.3. The molecule has 0 aliphatic carbocycles. The van der Waals surface area contributed by atoms with Crippen LogP contribution in [0.3, 0.4) is 0 Å². The molecule has 140 valence electrons. The highest BCUT2D eigenvalue weighted by molar-refractivity contribution is 5.93. The van der Waals surface area contributed by atoms with Crippen molar-refractivity contribution in [1.82, 2.24) is 14.7 Å². The van der Waals surface area contributed by atoms with Crippen LogP contribution in [0.1, 0.15) is 50.8 Å². The van der Waals surface area contributed by atoms with E-state index in [1.807, 2.05) is 31.5 Å². The number of aryl methyl sites for hydroxylation is 1. The van der Waals surface area contributed by atoms with Crippen LogP contribution in [-0.2, 0) is 11.3 Å². The molecule has 1 aromatic heterocycles. The SMILES string of the molecule is Cc1cccc(CN2CCC(n3nccc3NC(=O)C(C)(C)C)CC2)c1. The lowest BCUT2D eigenvalue weighted by Gasteiger charge is -2.33. The Balaban J connectivity index is 1.59. The second kappa shape index (κ2) is 7.62. The van der Waals surface area contributed by atoms with Crippen LogP contribution in [0.25, 0.3) is 0 Å². The van der Waals surface area contributed by atoms with Gasteiger partial charge in [0, 0.05) is 31.1 Å². The molecule has 1 aliphatic heterocycles. The topological polar surface area (TPSA) is 50.2 Å². The lowest BCUT2D eigenvalue weighted by Crippen LogP contribution is -2.35. The van der Waals surface area contributed by atoms with E-state index in [1.165, 1.54) is 11.1 Å². The van der Waals surface area contributed by atoms with Crippen LogP contribution in [0.5, 0.6) is 0 Å². The largest absolute Gasteiger partial charge is 0.310 e. The molecule has 1 N–H and O–H groups in total. The number of hydrogen-bond donors (Lipinski definition) is 1. The van der Waals surface area contributed by atoms with Crippen molar-refractivity contribution in [1.29, 1.82) is 0 Å². The molecule has 0 radical (unpaired) electrons. The van der Waals surface area contributed by atoms with Crippen LogP contribution >= 0.6 is 0 Å². The molecule has 3 rings (SSSR count). The molecular weight excluding hydrogens is 324 g/mol. The molecule has 0 unspecified atom stereocenters. The van der Waals surface area contributed by atoms with Gasteiger partial charge in [-0.3, -0.25) is 9.69 Å². The third-order valence-corrected chi connectivity index (χ3v) is 4.98. The minimum absolute atomic E-state index is 0.0242. The Morgan fingerprint density at radius 1 is 1.23 bits per heavy atom. The molecule has 2 aromatic rings. The predicted molar refractivity (Wildman–Crippen MR) is 105 cm³/mol. The van der Waals surface area contributed by atoms with E-state index >= 15 is 0 Å². The summed E-state index contributed by atoms with van der Waals surface area (Å²) in [5.41, 5.74) is 2.28. The standard InChI is InChI=1S/C21H30N4O/c1-16-6-5-7-17(14-16)15-24-12-9-18(10-13-24)25-19(8-11-22-25)23-20(26)21(2,3)4/h5-8,11,14,18H,9-10,12-13,15H2,1-4H3,(H,23,26). The van der Waals surface area contributed by atoms with Gasteiger partial charge in [-0.15, -0.1) is 0 Å². The van der Waals surface area contributed by atoms with Crippen LogP contribution in [0.15, 0.2) is 36.5 Å². The first-order valence-electron chi connectivity index (χ1n) is 9.46. The summed E-state index contributed by atoms with van der Waals surface area (Å²) in [7, 11) is 0. The number of aromatic nitrogens is 2. The van der Waals surface area contributed by atoms with E-state index in [0.29, 0.717) is 6.04 Å². The smallest absolute Gasteiger partial charge is 0.230 e. The van der Waals surface area contributed by atoms with Crippen LogP contribution in [0.4, 0.5) is 5.82 Å². The number of likely N-dealkylation sites (tertiary alicyclic amines) is 1. The Kier molecular flexibility index (Phi) is 5.47. The Hall–Kier alpha value is -2.14. The third-order valence-electron chi connectivity index (χ3n) is 4.98. The summed E-state index contributed by atoms with van der Waals surface area (Å²) < 4.78 is 1.99. The van der Waals surface area contributed by atoms with E-state index in [1.54, 1.807) is 6.20 Å². The molecule has 1 aliphatic rings. The van der Waals surface area contributed by atoms with Crippen molar-refractivity contribution in [2.24, 2.45) is 5.41 Å². The Labute approximate surface area is 156 Å². The Morgan fingerprint density at radius 2 is 1.96 bits per heavy atom. The molecule has 0 saturated carbocycles. The number of amides is 1. The third kappa shape index (κ3) is 4.52. The highest BCUT2D eigenvalue weighted by Gasteiger charge is 2.26. The number of hydrogen-bond acceptors (Lipinski definition) is 3. The summed E-state index contributed by atoms with van der Waals surface area (Å²) in [4.78, 5) is 14.8. The lowest BCUT2D eigenvalue weighted by atomic mass is 9.96. The van der Waals surface area contributed by atoms with E-state index in [2.05, 4.69) is 46.5 Å². The summed E-state index contributed by atoms with van der Waals surface area (Å²) in [6, 6.07) is 11.0. The van der Waals surface area contributed by atoms with E-state index in [-0.39, 0.29) is 5.91 Å². The van der Waals surface area contributed by atoms with Gasteiger partial charge >= 0.3 is 0 Å². The second-order valence-electron chi connectivity index (χ2n) is 8.36. The van der Waals surface area contributed by atoms with Crippen molar-refractivity contribution >= 4 is 11.7 Å². The second-order valence-corrected chi connectivity index (χ2v) is 8.36. The van der Waals surface area contributed by atoms with Crippen molar-refractivity contribution < 1.29 is 4.79 Å². The lowest BCUT2D eigenvalue weighted by molar-refractivity contribution is -0.123. The van der Waals surface area contributed by atoms with Gasteiger partial charge in [0.2, 0.25) is 5.91 Å². The molecule has 5 heteroatoms. The minimum Gasteiger partial charge on any atom is -0.310 e. The van der Waals surface area contributed by atoms with Crippen LogP contribution in [0.2, 0.25) is 0 Å². The number of carbonyl (C=O) groups excluding carboxylic acids is 1. The minimum atomic E-state index is -0.410. The van der Waals surface area contributed by atoms with Gasteiger partial charge in [0.05, 0.1) is 12.2 Å². The summed E-state index contributed by atoms with van der Waals surface area (Å²) in [6.45, 7) is 11.0. The number of nitrogens with one attached hydrogen (secondary N) is 1. The van der Waals surface area contributed by atoms with Gasteiger partial charge < -0.3 is 5.32 Å². The monoisotopic (exact) mass is 354 g/mol. The first-order chi connectivity index (χ1) is 12.3. The van der Waals surface area contributed by atoms with Gasteiger partial charge in [-0.1, -0.05) is 50.6 Å². The molecule has 2 heterocycles. The number of anilines is 1. The van der Waals surface area contributed by atoms with E-state index in [0.717, 1.165) is 38.3 Å². The Bertz CT molecular complexity index is 751. The summed E-state index contributed by atoms with van der Waals surface area (Å²) in [6.07, 6.45) is 3.87. The fourth-order valence-corrected chi connectivity index (χ4v) is 3.40. The first-order valence-corrected chi connectivity index (χ1v) is 9.46. The van der Waals surface area contributed by atoms with Gasteiger partial charge in [0.1, 0.15) is 5.82 Å². The quantitative estimate of drug-likeness (QED) is 0.902. The summed E-state index contributed by atoms with van der Waals surface area (Å²) >= 11 is 0. The predicted octanol–water partition coefficient (Wildman–Crippen LogP) is 4.01. The van der Waals surface area contributed by atoms with Crippen molar-refractivity contribution in [3.05, 3.63) is 47.7 Å². The molecule has 1 saturated heterocycles. The van der Waals surface area contributed by atoms with E-state index in [4.69, 9.17) is 0 Å². The molecule has 5 nitrogen and oxygen atoms in total. The molecule has 0 spiro atoms. The highest BCUT2D eigenvalue weighted by Crippen LogP contribution is 2.27. The zero-order valence-electron chi connectivity index (χ0n) is 16.3. The number of carbonyl (C=O) groups is 1. The van der Waals surface area contributed by atoms with Crippen molar-refractivity contribution in [2.75, 3.05) is 18.4 Å². The van der Waals surface area contributed by atoms with E-state index < -0.39 is 5.41 Å². The number of piperidine rings is 1. The summed E-state index contributed by atoms with van der Waals surface area (Å²) in [5, 5.41) is 7.51. The van der Waals surface area contributed by atoms with Gasteiger partial charge in [-0.25, -0.2) is 4.68 Å². The fourth-order valence-electron chi connectivity index (χ4n) is 3.40. The number of nitrogens with zero attached hydrogens (tertiary/aromatic N) is 3. The van der Waals surface area contributed by atoms with Crippen molar-refractivity contribution in [3.8, 4) is 0 Å². The molecular formula is C21H30N4O. The molecule has 0 bridgehead atoms. The van der Waals surface area contributed by atoms with Crippen molar-refractivity contribution in [2.45, 2.75) is 53.1 Å². The average Bonchev–Trinajstić information content (AvgIpc) is 3.03. The van der Waals surface area contributed by atoms with Crippen LogP contribution in [-0.4, -0.2) is 33.7 Å².